The van der Waals surface area contributed by atoms with E-state index in [0.29, 0.717) is 31.5 Å². The maximum Gasteiger partial charge on any atom is 0.242 e. The van der Waals surface area contributed by atoms with E-state index in [0.717, 1.165) is 17.3 Å². The molecule has 1 saturated heterocycles. The number of aromatic nitrogens is 2. The van der Waals surface area contributed by atoms with Crippen molar-refractivity contribution < 1.29 is 14.0 Å². The molecule has 29 heavy (non-hydrogen) atoms. The second-order valence-corrected chi connectivity index (χ2v) is 7.28. The summed E-state index contributed by atoms with van der Waals surface area (Å²) < 4.78 is 15.4. The summed E-state index contributed by atoms with van der Waals surface area (Å²) in [5.41, 5.74) is 1.75. The molecule has 2 amide bonds. The van der Waals surface area contributed by atoms with Gasteiger partial charge in [0.25, 0.3) is 0 Å². The van der Waals surface area contributed by atoms with E-state index in [9.17, 15) is 14.0 Å². The van der Waals surface area contributed by atoms with Gasteiger partial charge in [-0.25, -0.2) is 4.39 Å². The summed E-state index contributed by atoms with van der Waals surface area (Å²) in [4.78, 5) is 26.4. The molecule has 1 atom stereocenters. The van der Waals surface area contributed by atoms with Crippen LogP contribution in [0.2, 0.25) is 0 Å². The van der Waals surface area contributed by atoms with Crippen molar-refractivity contribution in [2.45, 2.75) is 38.4 Å². The van der Waals surface area contributed by atoms with Crippen LogP contribution < -0.4 is 5.32 Å². The molecule has 1 unspecified atom stereocenters. The Morgan fingerprint density at radius 3 is 2.93 bits per heavy atom. The Morgan fingerprint density at radius 2 is 2.07 bits per heavy atom. The number of fused-ring (bicyclic) bond motifs is 1. The molecule has 3 aromatic rings. The maximum atomic E-state index is 13.4. The van der Waals surface area contributed by atoms with Crippen LogP contribution >= 0.6 is 0 Å². The van der Waals surface area contributed by atoms with Gasteiger partial charge in [0.15, 0.2) is 0 Å². The molecule has 7 heteroatoms. The predicted molar refractivity (Wildman–Crippen MR) is 107 cm³/mol. The molecule has 2 heterocycles. The second kappa shape index (κ2) is 8.43. The van der Waals surface area contributed by atoms with Crippen LogP contribution in [-0.2, 0) is 22.7 Å². The molecule has 2 aromatic carbocycles. The van der Waals surface area contributed by atoms with Crippen LogP contribution in [-0.4, -0.2) is 39.1 Å². The number of amides is 2. The zero-order valence-electron chi connectivity index (χ0n) is 16.1. The molecule has 0 bridgehead atoms. The number of likely N-dealkylation sites (tertiary alicyclic amines) is 1. The topological polar surface area (TPSA) is 67.2 Å². The van der Waals surface area contributed by atoms with E-state index in [4.69, 9.17) is 0 Å². The molecule has 0 spiro atoms. The van der Waals surface area contributed by atoms with Gasteiger partial charge < -0.3 is 10.2 Å². The highest BCUT2D eigenvalue weighted by atomic mass is 19.1. The van der Waals surface area contributed by atoms with Crippen molar-refractivity contribution in [1.82, 2.24) is 20.0 Å². The smallest absolute Gasteiger partial charge is 0.242 e. The number of hydrogen-bond donors (Lipinski definition) is 1. The van der Waals surface area contributed by atoms with Crippen LogP contribution in [0.25, 0.3) is 10.9 Å². The first-order valence-corrected chi connectivity index (χ1v) is 9.84. The highest BCUT2D eigenvalue weighted by Gasteiger charge is 2.35. The third-order valence-electron chi connectivity index (χ3n) is 5.27. The molecule has 6 nitrogen and oxygen atoms in total. The average molecular weight is 394 g/mol. The number of para-hydroxylation sites is 1. The van der Waals surface area contributed by atoms with Gasteiger partial charge in [0, 0.05) is 31.4 Å². The van der Waals surface area contributed by atoms with Gasteiger partial charge in [-0.3, -0.25) is 14.3 Å². The number of nitrogens with one attached hydrogen (secondary N) is 1. The molecular weight excluding hydrogens is 371 g/mol. The summed E-state index contributed by atoms with van der Waals surface area (Å²) in [5, 5.41) is 8.41. The number of nitrogens with zero attached hydrogens (tertiary/aromatic N) is 3. The molecular formula is C22H23FN4O2. The van der Waals surface area contributed by atoms with Crippen molar-refractivity contribution >= 4 is 22.7 Å². The molecule has 0 aliphatic carbocycles. The monoisotopic (exact) mass is 394 g/mol. The summed E-state index contributed by atoms with van der Waals surface area (Å²) in [7, 11) is 0. The van der Waals surface area contributed by atoms with Crippen molar-refractivity contribution in [3.8, 4) is 0 Å². The maximum absolute atomic E-state index is 13.4. The number of halogens is 1. The summed E-state index contributed by atoms with van der Waals surface area (Å²) >= 11 is 0. The van der Waals surface area contributed by atoms with Crippen molar-refractivity contribution in [1.29, 1.82) is 0 Å². The van der Waals surface area contributed by atoms with E-state index in [-0.39, 0.29) is 24.2 Å². The SMILES string of the molecule is O=C(NCCCn1ncc2ccccc21)C1CCC(=O)N1Cc1cccc(F)c1. The zero-order valence-corrected chi connectivity index (χ0v) is 16.1. The van der Waals surface area contributed by atoms with E-state index in [1.807, 2.05) is 35.1 Å². The molecule has 4 rings (SSSR count). The summed E-state index contributed by atoms with van der Waals surface area (Å²) in [6.07, 6.45) is 3.40. The molecule has 1 fully saturated rings. The quantitative estimate of drug-likeness (QED) is 0.627. The highest BCUT2D eigenvalue weighted by Crippen LogP contribution is 2.22. The Kier molecular flexibility index (Phi) is 5.55. The lowest BCUT2D eigenvalue weighted by atomic mass is 10.1. The molecule has 1 aliphatic heterocycles. The van der Waals surface area contributed by atoms with E-state index >= 15 is 0 Å². The van der Waals surface area contributed by atoms with Crippen molar-refractivity contribution in [2.75, 3.05) is 6.54 Å². The molecule has 1 N–H and O–H groups in total. The van der Waals surface area contributed by atoms with Crippen LogP contribution in [0.3, 0.4) is 0 Å². The lowest BCUT2D eigenvalue weighted by molar-refractivity contribution is -0.135. The first kappa shape index (κ1) is 19.1. The molecule has 1 aliphatic rings. The Bertz CT molecular complexity index is 1030. The lowest BCUT2D eigenvalue weighted by Crippen LogP contribution is -2.44. The number of aryl methyl sites for hydroxylation is 1. The number of carbonyl (C=O) groups excluding carboxylic acids is 2. The van der Waals surface area contributed by atoms with Gasteiger partial charge in [0.2, 0.25) is 11.8 Å². The minimum atomic E-state index is -0.503. The van der Waals surface area contributed by atoms with Crippen molar-refractivity contribution in [3.05, 3.63) is 66.1 Å². The summed E-state index contributed by atoms with van der Waals surface area (Å²) in [6, 6.07) is 13.6. The Hall–Kier alpha value is -3.22. The van der Waals surface area contributed by atoms with Crippen molar-refractivity contribution in [2.24, 2.45) is 0 Å². The average Bonchev–Trinajstić information content (AvgIpc) is 3.29. The van der Waals surface area contributed by atoms with Gasteiger partial charge in [-0.15, -0.1) is 0 Å². The van der Waals surface area contributed by atoms with Crippen LogP contribution in [0.15, 0.2) is 54.7 Å². The minimum absolute atomic E-state index is 0.0718. The van der Waals surface area contributed by atoms with E-state index in [2.05, 4.69) is 10.4 Å². The van der Waals surface area contributed by atoms with Crippen LogP contribution in [0, 0.1) is 5.82 Å². The minimum Gasteiger partial charge on any atom is -0.354 e. The molecule has 0 saturated carbocycles. The third-order valence-corrected chi connectivity index (χ3v) is 5.27. The van der Waals surface area contributed by atoms with Gasteiger partial charge in [-0.2, -0.15) is 5.10 Å². The standard InChI is InChI=1S/C22H23FN4O2/c23-18-7-3-5-16(13-18)15-26-20(9-10-21(26)28)22(29)24-11-4-12-27-19-8-2-1-6-17(19)14-25-27/h1-3,5-8,13-14,20H,4,9-12,15H2,(H,24,29). The van der Waals surface area contributed by atoms with Gasteiger partial charge in [0.05, 0.1) is 11.7 Å². The fourth-order valence-corrected chi connectivity index (χ4v) is 3.80. The molecule has 150 valence electrons. The van der Waals surface area contributed by atoms with Crippen LogP contribution in [0.5, 0.6) is 0 Å². The second-order valence-electron chi connectivity index (χ2n) is 7.28. The highest BCUT2D eigenvalue weighted by molar-refractivity contribution is 5.90. The Morgan fingerprint density at radius 1 is 1.21 bits per heavy atom. The van der Waals surface area contributed by atoms with E-state index in [1.54, 1.807) is 17.0 Å². The Labute approximate surface area is 168 Å². The number of rotatable bonds is 7. The van der Waals surface area contributed by atoms with E-state index < -0.39 is 6.04 Å². The summed E-state index contributed by atoms with van der Waals surface area (Å²) in [5.74, 6) is -0.573. The van der Waals surface area contributed by atoms with Gasteiger partial charge in [-0.1, -0.05) is 30.3 Å². The predicted octanol–water partition coefficient (Wildman–Crippen LogP) is 2.87. The van der Waals surface area contributed by atoms with Gasteiger partial charge in [0.1, 0.15) is 11.9 Å². The number of carbonyl (C=O) groups is 2. The lowest BCUT2D eigenvalue weighted by Gasteiger charge is -2.24. The largest absolute Gasteiger partial charge is 0.354 e. The zero-order chi connectivity index (χ0) is 20.2. The molecule has 0 radical (unpaired) electrons. The summed E-state index contributed by atoms with van der Waals surface area (Å²) in [6.45, 7) is 1.45. The van der Waals surface area contributed by atoms with Crippen LogP contribution in [0.4, 0.5) is 4.39 Å². The Balaban J connectivity index is 1.30. The van der Waals surface area contributed by atoms with E-state index in [1.165, 1.54) is 12.1 Å². The normalized spacial score (nSPS) is 16.5. The van der Waals surface area contributed by atoms with Gasteiger partial charge >= 0.3 is 0 Å². The van der Waals surface area contributed by atoms with Gasteiger partial charge in [-0.05, 0) is 36.6 Å². The first-order chi connectivity index (χ1) is 14.1. The van der Waals surface area contributed by atoms with Crippen molar-refractivity contribution in [3.63, 3.8) is 0 Å². The number of benzene rings is 2. The fourth-order valence-electron chi connectivity index (χ4n) is 3.80. The third kappa shape index (κ3) is 4.29. The fraction of sp³-hybridized carbons (Fsp3) is 0.318. The molecule has 1 aromatic heterocycles. The van der Waals surface area contributed by atoms with Crippen LogP contribution in [0.1, 0.15) is 24.8 Å². The number of hydrogen-bond acceptors (Lipinski definition) is 3. The first-order valence-electron chi connectivity index (χ1n) is 9.84.